The van der Waals surface area contributed by atoms with Gasteiger partial charge >= 0.3 is 0 Å². The number of anilines is 2. The minimum Gasteiger partial charge on any atom is -0.342 e. The molecule has 0 aliphatic carbocycles. The van der Waals surface area contributed by atoms with Crippen LogP contribution in [0.2, 0.25) is 0 Å². The Bertz CT molecular complexity index is 730. The van der Waals surface area contributed by atoms with Crippen molar-refractivity contribution in [1.82, 2.24) is 19.9 Å². The lowest BCUT2D eigenvalue weighted by Gasteiger charge is -2.33. The van der Waals surface area contributed by atoms with Crippen LogP contribution < -0.4 is 5.32 Å². The maximum atomic E-state index is 12.4. The molecule has 0 aromatic carbocycles. The van der Waals surface area contributed by atoms with Gasteiger partial charge in [0.2, 0.25) is 5.91 Å². The van der Waals surface area contributed by atoms with Crippen molar-refractivity contribution >= 4 is 28.2 Å². The van der Waals surface area contributed by atoms with Crippen LogP contribution in [0.3, 0.4) is 0 Å². The zero-order chi connectivity index (χ0) is 17.8. The lowest BCUT2D eigenvalue weighted by Crippen LogP contribution is -2.39. The van der Waals surface area contributed by atoms with Gasteiger partial charge in [-0.15, -0.1) is 11.3 Å². The van der Waals surface area contributed by atoms with E-state index in [2.05, 4.69) is 34.1 Å². The molecule has 0 saturated carbocycles. The number of likely N-dealkylation sites (tertiary alicyclic amines) is 1. The molecule has 134 valence electrons. The molecule has 3 heterocycles. The quantitative estimate of drug-likeness (QED) is 0.880. The summed E-state index contributed by atoms with van der Waals surface area (Å²) in [5, 5.41) is 6.12. The molecule has 2 aromatic heterocycles. The van der Waals surface area contributed by atoms with Crippen molar-refractivity contribution in [2.75, 3.05) is 18.4 Å². The first-order chi connectivity index (χ1) is 12.0. The van der Waals surface area contributed by atoms with Crippen molar-refractivity contribution in [3.05, 3.63) is 29.2 Å². The van der Waals surface area contributed by atoms with Gasteiger partial charge < -0.3 is 10.2 Å². The van der Waals surface area contributed by atoms with E-state index in [9.17, 15) is 4.79 Å². The highest BCUT2D eigenvalue weighted by atomic mass is 32.1. The highest BCUT2D eigenvalue weighted by Crippen LogP contribution is 2.31. The number of aryl methyl sites for hydroxylation is 1. The summed E-state index contributed by atoms with van der Waals surface area (Å²) in [5.41, 5.74) is 1.92. The van der Waals surface area contributed by atoms with Crippen molar-refractivity contribution < 1.29 is 4.79 Å². The Balaban J connectivity index is 1.75. The summed E-state index contributed by atoms with van der Waals surface area (Å²) < 4.78 is 0. The van der Waals surface area contributed by atoms with Gasteiger partial charge in [0, 0.05) is 43.2 Å². The molecule has 1 fully saturated rings. The molecule has 3 rings (SSSR count). The average molecular weight is 359 g/mol. The molecule has 1 saturated heterocycles. The summed E-state index contributed by atoms with van der Waals surface area (Å²) >= 11 is 1.56. The van der Waals surface area contributed by atoms with Crippen LogP contribution in [0.25, 0.3) is 0 Å². The van der Waals surface area contributed by atoms with Gasteiger partial charge in [-0.25, -0.2) is 9.97 Å². The van der Waals surface area contributed by atoms with Crippen molar-refractivity contribution in [2.45, 2.75) is 46.0 Å². The van der Waals surface area contributed by atoms with E-state index < -0.39 is 0 Å². The minimum atomic E-state index is 0.210. The molecule has 1 unspecified atom stereocenters. The predicted molar refractivity (Wildman–Crippen MR) is 100 cm³/mol. The molecular weight excluding hydrogens is 334 g/mol. The number of nitrogens with zero attached hydrogens (tertiary/aromatic N) is 4. The number of rotatable bonds is 5. The monoisotopic (exact) mass is 359 g/mol. The van der Waals surface area contributed by atoms with Crippen molar-refractivity contribution in [3.63, 3.8) is 0 Å². The summed E-state index contributed by atoms with van der Waals surface area (Å²) in [6, 6.07) is 0. The second-order valence-electron chi connectivity index (χ2n) is 6.99. The average Bonchev–Trinajstić information content (AvgIpc) is 3.00. The van der Waals surface area contributed by atoms with E-state index in [0.29, 0.717) is 12.3 Å². The van der Waals surface area contributed by atoms with Crippen molar-refractivity contribution in [2.24, 2.45) is 5.92 Å². The Morgan fingerprint density at radius 2 is 2.20 bits per heavy atom. The van der Waals surface area contributed by atoms with E-state index >= 15 is 0 Å². The molecule has 0 bridgehead atoms. The fourth-order valence-corrected chi connectivity index (χ4v) is 3.85. The van der Waals surface area contributed by atoms with E-state index in [0.717, 1.165) is 48.3 Å². The van der Waals surface area contributed by atoms with Crippen LogP contribution in [-0.4, -0.2) is 38.8 Å². The molecule has 6 nitrogen and oxygen atoms in total. The molecule has 1 atom stereocenters. The molecule has 25 heavy (non-hydrogen) atoms. The number of carbonyl (C=O) groups is 1. The largest absolute Gasteiger partial charge is 0.342 e. The van der Waals surface area contributed by atoms with Crippen molar-refractivity contribution in [3.8, 4) is 0 Å². The number of aromatic nitrogens is 3. The van der Waals surface area contributed by atoms with Crippen LogP contribution >= 0.6 is 11.3 Å². The first-order valence-corrected chi connectivity index (χ1v) is 9.68. The zero-order valence-electron chi connectivity index (χ0n) is 15.0. The van der Waals surface area contributed by atoms with Crippen LogP contribution in [0.1, 0.15) is 50.4 Å². The molecular formula is C18H25N5OS. The van der Waals surface area contributed by atoms with Crippen molar-refractivity contribution in [1.29, 1.82) is 0 Å². The number of nitrogens with one attached hydrogen (secondary N) is 1. The van der Waals surface area contributed by atoms with Gasteiger partial charge in [0.1, 0.15) is 0 Å². The Morgan fingerprint density at radius 3 is 2.92 bits per heavy atom. The molecule has 1 amide bonds. The Labute approximate surface area is 152 Å². The normalized spacial score (nSPS) is 17.8. The van der Waals surface area contributed by atoms with Crippen LogP contribution in [0.15, 0.2) is 17.8 Å². The number of hydrogen-bond acceptors (Lipinski definition) is 6. The van der Waals surface area contributed by atoms with Crippen LogP contribution in [0, 0.1) is 12.8 Å². The maximum absolute atomic E-state index is 12.4. The highest BCUT2D eigenvalue weighted by Gasteiger charge is 2.28. The SMILES string of the molecule is Cc1csc(Nc2nccnc2C2CCCN(C(=O)CC(C)C)C2)n1. The molecule has 1 aliphatic heterocycles. The Kier molecular flexibility index (Phi) is 5.63. The summed E-state index contributed by atoms with van der Waals surface area (Å²) in [5.74, 6) is 1.59. The molecule has 1 N–H and O–H groups in total. The molecule has 1 aliphatic rings. The molecule has 0 spiro atoms. The van der Waals surface area contributed by atoms with Gasteiger partial charge in [-0.3, -0.25) is 9.78 Å². The predicted octanol–water partition coefficient (Wildman–Crippen LogP) is 3.74. The summed E-state index contributed by atoms with van der Waals surface area (Å²) in [7, 11) is 0. The lowest BCUT2D eigenvalue weighted by atomic mass is 9.93. The van der Waals surface area contributed by atoms with Gasteiger partial charge in [-0.05, 0) is 25.7 Å². The topological polar surface area (TPSA) is 71.0 Å². The molecule has 0 radical (unpaired) electrons. The second kappa shape index (κ2) is 7.91. The lowest BCUT2D eigenvalue weighted by molar-refractivity contribution is -0.133. The fraction of sp³-hybridized carbons (Fsp3) is 0.556. The van der Waals surface area contributed by atoms with Gasteiger partial charge in [-0.1, -0.05) is 13.8 Å². The summed E-state index contributed by atoms with van der Waals surface area (Å²) in [6.07, 6.45) is 6.05. The molecule has 2 aromatic rings. The number of amides is 1. The highest BCUT2D eigenvalue weighted by molar-refractivity contribution is 7.13. The van der Waals surface area contributed by atoms with Gasteiger partial charge in [-0.2, -0.15) is 0 Å². The van der Waals surface area contributed by atoms with Gasteiger partial charge in [0.25, 0.3) is 0 Å². The van der Waals surface area contributed by atoms with Crippen LogP contribution in [-0.2, 0) is 4.79 Å². The smallest absolute Gasteiger partial charge is 0.222 e. The second-order valence-corrected chi connectivity index (χ2v) is 7.84. The molecule has 7 heteroatoms. The number of hydrogen-bond donors (Lipinski definition) is 1. The van der Waals surface area contributed by atoms with Crippen LogP contribution in [0.4, 0.5) is 10.9 Å². The van der Waals surface area contributed by atoms with E-state index in [1.54, 1.807) is 23.7 Å². The third kappa shape index (κ3) is 4.54. The maximum Gasteiger partial charge on any atom is 0.222 e. The van der Waals surface area contributed by atoms with Gasteiger partial charge in [0.05, 0.1) is 11.4 Å². The third-order valence-electron chi connectivity index (χ3n) is 4.31. The van der Waals surface area contributed by atoms with E-state index in [-0.39, 0.29) is 11.8 Å². The number of carbonyl (C=O) groups excluding carboxylic acids is 1. The van der Waals surface area contributed by atoms with Gasteiger partial charge in [0.15, 0.2) is 10.9 Å². The van der Waals surface area contributed by atoms with Crippen LogP contribution in [0.5, 0.6) is 0 Å². The number of piperidine rings is 1. The Hall–Kier alpha value is -2.02. The van der Waals surface area contributed by atoms with E-state index in [1.165, 1.54) is 0 Å². The number of thiazole rings is 1. The fourth-order valence-electron chi connectivity index (χ4n) is 3.16. The third-order valence-corrected chi connectivity index (χ3v) is 5.19. The van der Waals surface area contributed by atoms with E-state index in [4.69, 9.17) is 0 Å². The minimum absolute atomic E-state index is 0.210. The zero-order valence-corrected chi connectivity index (χ0v) is 15.8. The van der Waals surface area contributed by atoms with E-state index in [1.807, 2.05) is 17.2 Å². The standard InChI is InChI=1S/C18H25N5OS/c1-12(2)9-15(24)23-8-4-5-14(10-23)16-17(20-7-6-19-16)22-18-21-13(3)11-25-18/h6-7,11-12,14H,4-5,8-10H2,1-3H3,(H,20,21,22). The first kappa shape index (κ1) is 17.8. The summed E-state index contributed by atoms with van der Waals surface area (Å²) in [4.78, 5) is 27.9. The summed E-state index contributed by atoms with van der Waals surface area (Å²) in [6.45, 7) is 7.70. The Morgan fingerprint density at radius 1 is 1.40 bits per heavy atom. The first-order valence-electron chi connectivity index (χ1n) is 8.80.